The predicted octanol–water partition coefficient (Wildman–Crippen LogP) is 1.15. The van der Waals surface area contributed by atoms with Gasteiger partial charge in [0.05, 0.1) is 12.1 Å². The van der Waals surface area contributed by atoms with Crippen molar-refractivity contribution in [2.24, 2.45) is 0 Å². The number of halogens is 1. The minimum atomic E-state index is -1.21. The monoisotopic (exact) mass is 258 g/mol. The van der Waals surface area contributed by atoms with E-state index in [1.165, 1.54) is 7.11 Å². The number of carbonyl (C=O) groups is 1. The molecule has 0 amide bonds. The van der Waals surface area contributed by atoms with Crippen LogP contribution in [0.1, 0.15) is 5.56 Å². The molecular formula is C11H11ClO5. The molecule has 1 aromatic carbocycles. The fourth-order valence-corrected chi connectivity index (χ4v) is 1.87. The molecule has 1 unspecified atom stereocenters. The van der Waals surface area contributed by atoms with Crippen LogP contribution < -0.4 is 9.47 Å². The number of fused-ring (bicyclic) bond motifs is 1. The van der Waals surface area contributed by atoms with Crippen molar-refractivity contribution in [3.63, 3.8) is 0 Å². The Labute approximate surface area is 103 Å². The van der Waals surface area contributed by atoms with Gasteiger partial charge in [-0.15, -0.1) is 0 Å². The molecule has 0 bridgehead atoms. The summed E-state index contributed by atoms with van der Waals surface area (Å²) < 4.78 is 14.8. The van der Waals surface area contributed by atoms with Crippen LogP contribution in [0.25, 0.3) is 0 Å². The zero-order valence-corrected chi connectivity index (χ0v) is 9.86. The van der Waals surface area contributed by atoms with Crippen LogP contribution in [-0.2, 0) is 16.0 Å². The van der Waals surface area contributed by atoms with E-state index < -0.39 is 12.1 Å². The quantitative estimate of drug-likeness (QED) is 0.824. The largest absolute Gasteiger partial charge is 0.467 e. The van der Waals surface area contributed by atoms with Crippen molar-refractivity contribution >= 4 is 17.6 Å². The molecule has 1 atom stereocenters. The van der Waals surface area contributed by atoms with E-state index in [1.54, 1.807) is 12.1 Å². The third-order valence-corrected chi connectivity index (χ3v) is 2.67. The Morgan fingerprint density at radius 3 is 3.06 bits per heavy atom. The van der Waals surface area contributed by atoms with E-state index in [0.29, 0.717) is 22.1 Å². The minimum absolute atomic E-state index is 0.114. The summed E-state index contributed by atoms with van der Waals surface area (Å²) in [6.45, 7) is 0.123. The number of carbonyl (C=O) groups excluding carboxylic acids is 1. The highest BCUT2D eigenvalue weighted by atomic mass is 35.5. The van der Waals surface area contributed by atoms with Gasteiger partial charge in [0.2, 0.25) is 6.79 Å². The van der Waals surface area contributed by atoms with Gasteiger partial charge in [0, 0.05) is 6.42 Å². The molecule has 0 saturated heterocycles. The molecule has 1 aromatic rings. The number of aliphatic hydroxyl groups excluding tert-OH is 1. The number of benzene rings is 1. The molecule has 5 nitrogen and oxygen atoms in total. The molecule has 1 N–H and O–H groups in total. The number of esters is 1. The van der Waals surface area contributed by atoms with Crippen LogP contribution in [0, 0.1) is 0 Å². The van der Waals surface area contributed by atoms with E-state index in [2.05, 4.69) is 4.74 Å². The number of methoxy groups -OCH3 is 1. The fourth-order valence-electron chi connectivity index (χ4n) is 1.58. The summed E-state index contributed by atoms with van der Waals surface area (Å²) in [6.07, 6.45) is -1.10. The first-order valence-corrected chi connectivity index (χ1v) is 5.33. The SMILES string of the molecule is COC(=O)C(O)Cc1cc(Cl)c2c(c1)OCO2. The van der Waals surface area contributed by atoms with Crippen molar-refractivity contribution in [3.8, 4) is 11.5 Å². The first-order valence-electron chi connectivity index (χ1n) is 4.95. The topological polar surface area (TPSA) is 65.0 Å². The van der Waals surface area contributed by atoms with Gasteiger partial charge in [-0.3, -0.25) is 0 Å². The van der Waals surface area contributed by atoms with Crippen LogP contribution in [-0.4, -0.2) is 31.1 Å². The fraction of sp³-hybridized carbons (Fsp3) is 0.364. The van der Waals surface area contributed by atoms with E-state index in [9.17, 15) is 9.90 Å². The van der Waals surface area contributed by atoms with Crippen molar-refractivity contribution in [1.29, 1.82) is 0 Å². The Balaban J connectivity index is 2.17. The Hall–Kier alpha value is -1.46. The van der Waals surface area contributed by atoms with Gasteiger partial charge in [0.25, 0.3) is 0 Å². The molecule has 1 heterocycles. The van der Waals surface area contributed by atoms with Gasteiger partial charge >= 0.3 is 5.97 Å². The summed E-state index contributed by atoms with van der Waals surface area (Å²) in [4.78, 5) is 11.1. The van der Waals surface area contributed by atoms with Crippen molar-refractivity contribution in [2.75, 3.05) is 13.9 Å². The highest BCUT2D eigenvalue weighted by Crippen LogP contribution is 2.39. The van der Waals surface area contributed by atoms with Crippen LogP contribution in [0.4, 0.5) is 0 Å². The number of rotatable bonds is 3. The number of hydrogen-bond donors (Lipinski definition) is 1. The summed E-state index contributed by atoms with van der Waals surface area (Å²) in [5, 5.41) is 9.92. The maximum Gasteiger partial charge on any atom is 0.335 e. The van der Waals surface area contributed by atoms with Gasteiger partial charge in [-0.25, -0.2) is 4.79 Å². The zero-order valence-electron chi connectivity index (χ0n) is 9.10. The molecule has 2 rings (SSSR count). The second-order valence-electron chi connectivity index (χ2n) is 3.55. The van der Waals surface area contributed by atoms with Crippen LogP contribution in [0.5, 0.6) is 11.5 Å². The maximum atomic E-state index is 11.1. The second-order valence-corrected chi connectivity index (χ2v) is 3.96. The average molecular weight is 259 g/mol. The normalized spacial score (nSPS) is 14.5. The highest BCUT2D eigenvalue weighted by molar-refractivity contribution is 6.32. The van der Waals surface area contributed by atoms with Gasteiger partial charge in [0.15, 0.2) is 17.6 Å². The Morgan fingerprint density at radius 2 is 2.35 bits per heavy atom. The summed E-state index contributed by atoms with van der Waals surface area (Å²) >= 11 is 5.97. The standard InChI is InChI=1S/C11H11ClO5/c1-15-11(14)8(13)3-6-2-7(12)10-9(4-6)16-5-17-10/h2,4,8,13H,3,5H2,1H3. The molecular weight excluding hydrogens is 248 g/mol. The molecule has 0 aliphatic carbocycles. The smallest absolute Gasteiger partial charge is 0.335 e. The van der Waals surface area contributed by atoms with Crippen molar-refractivity contribution in [3.05, 3.63) is 22.7 Å². The Kier molecular flexibility index (Phi) is 3.40. The van der Waals surface area contributed by atoms with Crippen molar-refractivity contribution in [2.45, 2.75) is 12.5 Å². The lowest BCUT2D eigenvalue weighted by Gasteiger charge is -2.09. The van der Waals surface area contributed by atoms with Crippen LogP contribution in [0.2, 0.25) is 5.02 Å². The molecule has 17 heavy (non-hydrogen) atoms. The lowest BCUT2D eigenvalue weighted by Crippen LogP contribution is -2.24. The highest BCUT2D eigenvalue weighted by Gasteiger charge is 2.21. The van der Waals surface area contributed by atoms with E-state index in [-0.39, 0.29) is 13.2 Å². The summed E-state index contributed by atoms with van der Waals surface area (Å²) in [7, 11) is 1.22. The zero-order chi connectivity index (χ0) is 12.4. The molecule has 1 aliphatic rings. The van der Waals surface area contributed by atoms with E-state index in [1.807, 2.05) is 0 Å². The first kappa shape index (κ1) is 12.0. The third-order valence-electron chi connectivity index (χ3n) is 2.39. The van der Waals surface area contributed by atoms with Crippen LogP contribution in [0.3, 0.4) is 0 Å². The molecule has 6 heteroatoms. The van der Waals surface area contributed by atoms with Gasteiger partial charge in [-0.2, -0.15) is 0 Å². The number of hydrogen-bond acceptors (Lipinski definition) is 5. The van der Waals surface area contributed by atoms with Crippen molar-refractivity contribution < 1.29 is 24.1 Å². The van der Waals surface area contributed by atoms with E-state index >= 15 is 0 Å². The molecule has 1 aliphatic heterocycles. The minimum Gasteiger partial charge on any atom is -0.467 e. The van der Waals surface area contributed by atoms with E-state index in [0.717, 1.165) is 0 Å². The first-order chi connectivity index (χ1) is 8.11. The number of ether oxygens (including phenoxy) is 3. The third kappa shape index (κ3) is 2.45. The molecule has 92 valence electrons. The lowest BCUT2D eigenvalue weighted by atomic mass is 10.1. The van der Waals surface area contributed by atoms with Crippen LogP contribution >= 0.6 is 11.6 Å². The molecule has 0 saturated carbocycles. The summed E-state index contributed by atoms with van der Waals surface area (Å²) in [5.41, 5.74) is 0.678. The predicted molar refractivity (Wildman–Crippen MR) is 59.3 cm³/mol. The van der Waals surface area contributed by atoms with Gasteiger partial charge < -0.3 is 19.3 Å². The van der Waals surface area contributed by atoms with Crippen LogP contribution in [0.15, 0.2) is 12.1 Å². The number of aliphatic hydroxyl groups is 1. The van der Waals surface area contributed by atoms with Crippen molar-refractivity contribution in [1.82, 2.24) is 0 Å². The molecule has 0 aromatic heterocycles. The lowest BCUT2D eigenvalue weighted by molar-refractivity contribution is -0.150. The second kappa shape index (κ2) is 4.81. The molecule has 0 fully saturated rings. The Bertz CT molecular complexity index is 446. The Morgan fingerprint density at radius 1 is 1.59 bits per heavy atom. The van der Waals surface area contributed by atoms with Gasteiger partial charge in [-0.05, 0) is 17.7 Å². The van der Waals surface area contributed by atoms with E-state index in [4.69, 9.17) is 21.1 Å². The van der Waals surface area contributed by atoms with Gasteiger partial charge in [-0.1, -0.05) is 11.6 Å². The maximum absolute atomic E-state index is 11.1. The summed E-state index contributed by atoms with van der Waals surface area (Å²) in [6, 6.07) is 3.31. The van der Waals surface area contributed by atoms with Gasteiger partial charge in [0.1, 0.15) is 0 Å². The molecule has 0 spiro atoms. The molecule has 0 radical (unpaired) electrons. The average Bonchev–Trinajstić information content (AvgIpc) is 2.76. The summed E-state index contributed by atoms with van der Waals surface area (Å²) in [5.74, 6) is 0.325.